The average Bonchev–Trinajstić information content (AvgIpc) is 3.05. The minimum absolute atomic E-state index is 0. The topological polar surface area (TPSA) is 43.4 Å². The number of nitrogens with zero attached hydrogens (tertiary/aromatic N) is 1. The van der Waals surface area contributed by atoms with E-state index in [1.54, 1.807) is 0 Å². The van der Waals surface area contributed by atoms with Crippen LogP contribution in [0, 0.1) is 0 Å². The molecule has 0 heterocycles. The van der Waals surface area contributed by atoms with Crippen molar-refractivity contribution in [3.05, 3.63) is 0 Å². The van der Waals surface area contributed by atoms with Gasteiger partial charge in [0.05, 0.1) is 0 Å². The maximum absolute atomic E-state index is 10.8. The van der Waals surface area contributed by atoms with Gasteiger partial charge < -0.3 is 14.8 Å². The molecule has 0 aliphatic rings. The van der Waals surface area contributed by atoms with E-state index >= 15 is 0 Å². The summed E-state index contributed by atoms with van der Waals surface area (Å²) < 4.78 is 0. The van der Waals surface area contributed by atoms with Crippen LogP contribution < -0.4 is 34.7 Å². The van der Waals surface area contributed by atoms with Crippen LogP contribution in [0.15, 0.2) is 0 Å². The van der Waals surface area contributed by atoms with Crippen molar-refractivity contribution in [2.75, 3.05) is 19.6 Å². The molecule has 0 atom stereocenters. The van der Waals surface area contributed by atoms with E-state index in [-0.39, 0.29) is 36.0 Å². The van der Waals surface area contributed by atoms with Crippen LogP contribution in [0.1, 0.15) is 251 Å². The Labute approximate surface area is 319 Å². The van der Waals surface area contributed by atoms with Crippen molar-refractivity contribution in [2.24, 2.45) is 0 Å². The van der Waals surface area contributed by atoms with E-state index in [1.165, 1.54) is 231 Å². The van der Waals surface area contributed by atoms with Crippen molar-refractivity contribution in [3.63, 3.8) is 0 Å². The van der Waals surface area contributed by atoms with Gasteiger partial charge in [0.15, 0.2) is 0 Å². The normalized spacial score (nSPS) is 11.4. The molecule has 3 nitrogen and oxygen atoms in total. The smallest absolute Gasteiger partial charge is 0.550 e. The molecular formula is C43H86NNaO2. The van der Waals surface area contributed by atoms with Gasteiger partial charge in [-0.25, -0.2) is 0 Å². The molecule has 0 aromatic rings. The molecular weight excluding hydrogens is 585 g/mol. The number of rotatable bonds is 41. The zero-order valence-electron chi connectivity index (χ0n) is 33.0. The number of carbonyl (C=O) groups is 1. The second kappa shape index (κ2) is 44.5. The van der Waals surface area contributed by atoms with Crippen LogP contribution in [-0.4, -0.2) is 30.5 Å². The monoisotopic (exact) mass is 672 g/mol. The van der Waals surface area contributed by atoms with Crippen LogP contribution in [-0.2, 0) is 4.79 Å². The molecule has 276 valence electrons. The van der Waals surface area contributed by atoms with Gasteiger partial charge in [0.2, 0.25) is 0 Å². The molecule has 0 saturated heterocycles. The number of carboxylic acid groups (broad SMARTS) is 1. The van der Waals surface area contributed by atoms with Crippen molar-refractivity contribution < 1.29 is 39.5 Å². The van der Waals surface area contributed by atoms with Crippen LogP contribution in [0.25, 0.3) is 0 Å². The molecule has 0 aromatic carbocycles. The van der Waals surface area contributed by atoms with Crippen LogP contribution >= 0.6 is 0 Å². The van der Waals surface area contributed by atoms with Gasteiger partial charge in [-0.3, -0.25) is 0 Å². The van der Waals surface area contributed by atoms with Gasteiger partial charge >= 0.3 is 29.6 Å². The SMILES string of the molecule is CCCCCCCCCCCCCCCCCCCN(CCCCCCCCCCCCCCCCCCC)CCCCC(=O)[O-].[Na+]. The number of carboxylic acids is 1. The van der Waals surface area contributed by atoms with E-state index in [1.807, 2.05) is 0 Å². The molecule has 0 amide bonds. The first-order valence-electron chi connectivity index (χ1n) is 21.6. The predicted octanol–water partition coefficient (Wildman–Crippen LogP) is 10.5. The van der Waals surface area contributed by atoms with Crippen molar-refractivity contribution in [1.29, 1.82) is 0 Å². The molecule has 0 bridgehead atoms. The molecule has 47 heavy (non-hydrogen) atoms. The summed E-state index contributed by atoms with van der Waals surface area (Å²) in [7, 11) is 0. The molecule has 0 aliphatic carbocycles. The summed E-state index contributed by atoms with van der Waals surface area (Å²) in [6.07, 6.45) is 50.3. The molecule has 0 radical (unpaired) electrons. The van der Waals surface area contributed by atoms with E-state index in [0.717, 1.165) is 19.4 Å². The molecule has 4 heteroatoms. The van der Waals surface area contributed by atoms with Crippen molar-refractivity contribution >= 4 is 5.97 Å². The number of aliphatic carboxylic acids is 1. The van der Waals surface area contributed by atoms with Crippen LogP contribution in [0.5, 0.6) is 0 Å². The van der Waals surface area contributed by atoms with Crippen molar-refractivity contribution in [2.45, 2.75) is 251 Å². The molecule has 0 unspecified atom stereocenters. The molecule has 0 aromatic heterocycles. The van der Waals surface area contributed by atoms with E-state index in [0.29, 0.717) is 0 Å². The standard InChI is InChI=1S/C43H87NO2.Na/c1-3-5-7-9-11-13-15-17-19-21-23-25-27-29-31-33-36-40-44(42-38-35-39-43(45)46)41-37-34-32-30-28-26-24-22-20-18-16-14-12-10-8-6-4-2;/h3-42H2,1-2H3,(H,45,46);/q;+1/p-1. The number of hydrogen-bond acceptors (Lipinski definition) is 3. The molecule has 0 aliphatic heterocycles. The fourth-order valence-corrected chi connectivity index (χ4v) is 7.06. The maximum Gasteiger partial charge on any atom is 1.00 e. The Hall–Kier alpha value is 0.430. The second-order valence-corrected chi connectivity index (χ2v) is 15.0. The Kier molecular flexibility index (Phi) is 46.9. The first-order chi connectivity index (χ1) is 22.7. The largest absolute Gasteiger partial charge is 1.00 e. The predicted molar refractivity (Wildman–Crippen MR) is 204 cm³/mol. The number of unbranched alkanes of at least 4 members (excludes halogenated alkanes) is 33. The quantitative estimate of drug-likeness (QED) is 0.0480. The van der Waals surface area contributed by atoms with Crippen LogP contribution in [0.2, 0.25) is 0 Å². The van der Waals surface area contributed by atoms with Crippen molar-refractivity contribution in [1.82, 2.24) is 4.90 Å². The summed E-state index contributed by atoms with van der Waals surface area (Å²) in [6.45, 7) is 8.05. The average molecular weight is 672 g/mol. The van der Waals surface area contributed by atoms with E-state index in [2.05, 4.69) is 18.7 Å². The molecule has 0 N–H and O–H groups in total. The Morgan fingerprint density at radius 2 is 0.532 bits per heavy atom. The molecule has 0 fully saturated rings. The van der Waals surface area contributed by atoms with E-state index < -0.39 is 5.97 Å². The Balaban J connectivity index is 0. The van der Waals surface area contributed by atoms with Crippen molar-refractivity contribution in [3.8, 4) is 0 Å². The summed E-state index contributed by atoms with van der Waals surface area (Å²) in [5.41, 5.74) is 0. The maximum atomic E-state index is 10.8. The first-order valence-corrected chi connectivity index (χ1v) is 21.6. The summed E-state index contributed by atoms with van der Waals surface area (Å²) in [5.74, 6) is -0.895. The van der Waals surface area contributed by atoms with Gasteiger partial charge in [-0.2, -0.15) is 0 Å². The van der Waals surface area contributed by atoms with Gasteiger partial charge in [0.25, 0.3) is 0 Å². The zero-order chi connectivity index (χ0) is 33.4. The Morgan fingerprint density at radius 3 is 0.745 bits per heavy atom. The zero-order valence-corrected chi connectivity index (χ0v) is 35.0. The van der Waals surface area contributed by atoms with Gasteiger partial charge in [-0.05, 0) is 51.7 Å². The first kappa shape index (κ1) is 49.5. The molecule has 0 rings (SSSR count). The third kappa shape index (κ3) is 44.4. The molecule has 0 spiro atoms. The van der Waals surface area contributed by atoms with E-state index in [4.69, 9.17) is 0 Å². The van der Waals surface area contributed by atoms with Gasteiger partial charge in [0.1, 0.15) is 0 Å². The minimum atomic E-state index is -0.895. The van der Waals surface area contributed by atoms with Gasteiger partial charge in [-0.15, -0.1) is 0 Å². The second-order valence-electron chi connectivity index (χ2n) is 15.0. The minimum Gasteiger partial charge on any atom is -0.550 e. The number of hydrogen-bond donors (Lipinski definition) is 0. The number of carbonyl (C=O) groups excluding carboxylic acids is 1. The van der Waals surface area contributed by atoms with Gasteiger partial charge in [0, 0.05) is 5.97 Å². The van der Waals surface area contributed by atoms with Crippen LogP contribution in [0.3, 0.4) is 0 Å². The summed E-state index contributed by atoms with van der Waals surface area (Å²) in [6, 6.07) is 0. The van der Waals surface area contributed by atoms with E-state index in [9.17, 15) is 9.90 Å². The van der Waals surface area contributed by atoms with Gasteiger partial charge in [-0.1, -0.05) is 219 Å². The third-order valence-electron chi connectivity index (χ3n) is 10.3. The van der Waals surface area contributed by atoms with Crippen LogP contribution in [0.4, 0.5) is 0 Å². The Morgan fingerprint density at radius 1 is 0.340 bits per heavy atom. The Bertz CT molecular complexity index is 534. The third-order valence-corrected chi connectivity index (χ3v) is 10.3. The fourth-order valence-electron chi connectivity index (χ4n) is 7.06. The molecule has 0 saturated carbocycles. The summed E-state index contributed by atoms with van der Waals surface area (Å²) in [4.78, 5) is 13.4. The summed E-state index contributed by atoms with van der Waals surface area (Å²) in [5, 5.41) is 10.8. The summed E-state index contributed by atoms with van der Waals surface area (Å²) >= 11 is 0. The fraction of sp³-hybridized carbons (Fsp3) is 0.977.